The summed E-state index contributed by atoms with van der Waals surface area (Å²) >= 11 is 0. The van der Waals surface area contributed by atoms with Gasteiger partial charge in [0.2, 0.25) is 10.0 Å². The number of benzene rings is 1. The Morgan fingerprint density at radius 1 is 1.39 bits per heavy atom. The summed E-state index contributed by atoms with van der Waals surface area (Å²) in [5.41, 5.74) is 0.597. The lowest BCUT2D eigenvalue weighted by molar-refractivity contribution is 0.580. The van der Waals surface area contributed by atoms with Gasteiger partial charge in [0.05, 0.1) is 10.6 Å². The predicted octanol–water partition coefficient (Wildman–Crippen LogP) is 0.351. The van der Waals surface area contributed by atoms with Crippen LogP contribution in [0.25, 0.3) is 5.69 Å². The minimum absolute atomic E-state index is 0.198. The normalized spacial score (nSPS) is 11.6. The van der Waals surface area contributed by atoms with Crippen LogP contribution in [0.1, 0.15) is 13.3 Å². The van der Waals surface area contributed by atoms with Crippen molar-refractivity contribution in [3.63, 3.8) is 0 Å². The first-order chi connectivity index (χ1) is 8.63. The van der Waals surface area contributed by atoms with E-state index in [2.05, 4.69) is 20.2 Å². The topological polar surface area (TPSA) is 89.8 Å². The highest BCUT2D eigenvalue weighted by molar-refractivity contribution is 7.89. The Labute approximate surface area is 105 Å². The largest absolute Gasteiger partial charge is 0.240 e. The maximum Gasteiger partial charge on any atom is 0.240 e. The second kappa shape index (κ2) is 5.23. The zero-order valence-electron chi connectivity index (χ0n) is 9.81. The zero-order valence-corrected chi connectivity index (χ0v) is 10.6. The molecule has 0 aliphatic rings. The van der Waals surface area contributed by atoms with E-state index in [0.29, 0.717) is 12.2 Å². The van der Waals surface area contributed by atoms with Crippen molar-refractivity contribution in [2.24, 2.45) is 0 Å². The molecule has 2 aromatic rings. The lowest BCUT2D eigenvalue weighted by atomic mass is 10.3. The second-order valence-corrected chi connectivity index (χ2v) is 5.42. The van der Waals surface area contributed by atoms with Gasteiger partial charge in [-0.05, 0) is 35.0 Å². The standard InChI is InChI=1S/C10H13N5O2S/c1-2-6-12-18(16,17)10-5-3-4-9(7-10)15-8-11-13-14-15/h3-5,7-8,12H,2,6H2,1H3. The van der Waals surface area contributed by atoms with Crippen molar-refractivity contribution < 1.29 is 8.42 Å². The number of hydrogen-bond acceptors (Lipinski definition) is 5. The number of tetrazole rings is 1. The van der Waals surface area contributed by atoms with Crippen molar-refractivity contribution in [1.29, 1.82) is 0 Å². The van der Waals surface area contributed by atoms with Crippen molar-refractivity contribution >= 4 is 10.0 Å². The first-order valence-corrected chi connectivity index (χ1v) is 6.95. The van der Waals surface area contributed by atoms with Crippen molar-refractivity contribution in [2.75, 3.05) is 6.54 Å². The third kappa shape index (κ3) is 2.71. The highest BCUT2D eigenvalue weighted by Gasteiger charge is 2.13. The van der Waals surface area contributed by atoms with Gasteiger partial charge in [0.15, 0.2) is 0 Å². The minimum Gasteiger partial charge on any atom is -0.211 e. The summed E-state index contributed by atoms with van der Waals surface area (Å²) in [5.74, 6) is 0. The molecule has 2 rings (SSSR count). The van der Waals surface area contributed by atoms with Crippen LogP contribution in [0.15, 0.2) is 35.5 Å². The van der Waals surface area contributed by atoms with E-state index >= 15 is 0 Å². The molecule has 0 amide bonds. The van der Waals surface area contributed by atoms with E-state index in [-0.39, 0.29) is 4.90 Å². The highest BCUT2D eigenvalue weighted by atomic mass is 32.2. The lowest BCUT2D eigenvalue weighted by Crippen LogP contribution is -2.24. The van der Waals surface area contributed by atoms with Crippen molar-refractivity contribution in [3.05, 3.63) is 30.6 Å². The summed E-state index contributed by atoms with van der Waals surface area (Å²) in [6.07, 6.45) is 2.15. The molecular formula is C10H13N5O2S. The first kappa shape index (κ1) is 12.7. The van der Waals surface area contributed by atoms with Crippen LogP contribution in [0.2, 0.25) is 0 Å². The van der Waals surface area contributed by atoms with E-state index in [4.69, 9.17) is 0 Å². The minimum atomic E-state index is -3.47. The van der Waals surface area contributed by atoms with Crippen LogP contribution in [0.3, 0.4) is 0 Å². The Hall–Kier alpha value is -1.80. The highest BCUT2D eigenvalue weighted by Crippen LogP contribution is 2.13. The third-order valence-corrected chi connectivity index (χ3v) is 3.74. The molecule has 8 heteroatoms. The Bertz CT molecular complexity index is 609. The van der Waals surface area contributed by atoms with Gasteiger partial charge in [-0.15, -0.1) is 5.10 Å². The molecule has 7 nitrogen and oxygen atoms in total. The van der Waals surface area contributed by atoms with Crippen LogP contribution < -0.4 is 4.72 Å². The van der Waals surface area contributed by atoms with Crippen LogP contribution >= 0.6 is 0 Å². The van der Waals surface area contributed by atoms with Gasteiger partial charge in [-0.3, -0.25) is 0 Å². The van der Waals surface area contributed by atoms with Crippen LogP contribution in [-0.4, -0.2) is 35.2 Å². The van der Waals surface area contributed by atoms with E-state index in [1.165, 1.54) is 23.1 Å². The van der Waals surface area contributed by atoms with Gasteiger partial charge in [-0.1, -0.05) is 13.0 Å². The quantitative estimate of drug-likeness (QED) is 0.844. The van der Waals surface area contributed by atoms with Gasteiger partial charge < -0.3 is 0 Å². The molecule has 0 atom stereocenters. The summed E-state index contributed by atoms with van der Waals surface area (Å²) < 4.78 is 27.8. The molecule has 0 spiro atoms. The molecule has 1 N–H and O–H groups in total. The number of hydrogen-bond donors (Lipinski definition) is 1. The van der Waals surface area contributed by atoms with Gasteiger partial charge in [0.1, 0.15) is 6.33 Å². The number of rotatable bonds is 5. The molecule has 1 heterocycles. The molecule has 0 unspecified atom stereocenters. The molecule has 0 saturated heterocycles. The van der Waals surface area contributed by atoms with Gasteiger partial charge in [0, 0.05) is 6.54 Å². The molecule has 18 heavy (non-hydrogen) atoms. The predicted molar refractivity (Wildman–Crippen MR) is 64.6 cm³/mol. The molecule has 0 aliphatic heterocycles. The fraction of sp³-hybridized carbons (Fsp3) is 0.300. The Balaban J connectivity index is 2.33. The SMILES string of the molecule is CCCNS(=O)(=O)c1cccc(-n2cnnn2)c1. The molecular weight excluding hydrogens is 254 g/mol. The Kier molecular flexibility index (Phi) is 3.68. The van der Waals surface area contributed by atoms with E-state index in [0.717, 1.165) is 6.42 Å². The van der Waals surface area contributed by atoms with Crippen LogP contribution in [-0.2, 0) is 10.0 Å². The number of nitrogens with zero attached hydrogens (tertiary/aromatic N) is 4. The molecule has 0 fully saturated rings. The summed E-state index contributed by atoms with van der Waals surface area (Å²) in [5, 5.41) is 10.7. The molecule has 1 aromatic carbocycles. The lowest BCUT2D eigenvalue weighted by Gasteiger charge is -2.07. The molecule has 1 aromatic heterocycles. The Morgan fingerprint density at radius 2 is 2.22 bits per heavy atom. The summed E-state index contributed by atoms with van der Waals surface area (Å²) in [6.45, 7) is 2.32. The molecule has 0 radical (unpaired) electrons. The van der Waals surface area contributed by atoms with Gasteiger partial charge in [-0.2, -0.15) is 0 Å². The van der Waals surface area contributed by atoms with Crippen molar-refractivity contribution in [3.8, 4) is 5.69 Å². The van der Waals surface area contributed by atoms with Crippen molar-refractivity contribution in [2.45, 2.75) is 18.2 Å². The summed E-state index contributed by atoms with van der Waals surface area (Å²) in [4.78, 5) is 0.198. The van der Waals surface area contributed by atoms with E-state index < -0.39 is 10.0 Å². The van der Waals surface area contributed by atoms with Crippen LogP contribution in [0, 0.1) is 0 Å². The summed E-state index contributed by atoms with van der Waals surface area (Å²) in [6, 6.07) is 6.44. The van der Waals surface area contributed by atoms with Gasteiger partial charge >= 0.3 is 0 Å². The average Bonchev–Trinajstić information content (AvgIpc) is 2.90. The molecule has 0 saturated carbocycles. The molecule has 0 aliphatic carbocycles. The summed E-state index contributed by atoms with van der Waals surface area (Å²) in [7, 11) is -3.47. The second-order valence-electron chi connectivity index (χ2n) is 3.65. The number of sulfonamides is 1. The monoisotopic (exact) mass is 267 g/mol. The maximum atomic E-state index is 11.9. The zero-order chi connectivity index (χ0) is 13.0. The first-order valence-electron chi connectivity index (χ1n) is 5.46. The smallest absolute Gasteiger partial charge is 0.211 e. The van der Waals surface area contributed by atoms with Crippen LogP contribution in [0.5, 0.6) is 0 Å². The fourth-order valence-corrected chi connectivity index (χ4v) is 2.57. The Morgan fingerprint density at radius 3 is 2.89 bits per heavy atom. The van der Waals surface area contributed by atoms with E-state index in [9.17, 15) is 8.42 Å². The molecule has 96 valence electrons. The number of nitrogens with one attached hydrogen (secondary N) is 1. The maximum absolute atomic E-state index is 11.9. The molecule has 0 bridgehead atoms. The third-order valence-electron chi connectivity index (χ3n) is 2.28. The number of aromatic nitrogens is 4. The van der Waals surface area contributed by atoms with Gasteiger partial charge in [0.25, 0.3) is 0 Å². The van der Waals surface area contributed by atoms with E-state index in [1.54, 1.807) is 12.1 Å². The van der Waals surface area contributed by atoms with Crippen LogP contribution in [0.4, 0.5) is 0 Å². The fourth-order valence-electron chi connectivity index (χ4n) is 1.39. The van der Waals surface area contributed by atoms with Crippen molar-refractivity contribution in [1.82, 2.24) is 24.9 Å². The average molecular weight is 267 g/mol. The van der Waals surface area contributed by atoms with Gasteiger partial charge in [-0.25, -0.2) is 17.8 Å². The van der Waals surface area contributed by atoms with E-state index in [1.807, 2.05) is 6.92 Å².